The molecule has 0 aliphatic carbocycles. The second-order valence-electron chi connectivity index (χ2n) is 4.53. The molecule has 6 heteroatoms. The number of benzene rings is 1. The Hall–Kier alpha value is -1.56. The highest BCUT2D eigenvalue weighted by Gasteiger charge is 2.30. The number of hydrogen-bond acceptors (Lipinski definition) is 2. The minimum absolute atomic E-state index is 0.144. The van der Waals surface area contributed by atoms with Crippen LogP contribution in [0.15, 0.2) is 24.3 Å². The second kappa shape index (κ2) is 6.56. The number of nitrogens with two attached hydrogens (primary N) is 1. The summed E-state index contributed by atoms with van der Waals surface area (Å²) in [4.78, 5) is 11.8. The first-order valence-corrected chi connectivity index (χ1v) is 5.89. The molecule has 0 unspecified atom stereocenters. The van der Waals surface area contributed by atoms with Crippen molar-refractivity contribution in [3.8, 4) is 0 Å². The summed E-state index contributed by atoms with van der Waals surface area (Å²) < 4.78 is 37.0. The number of carbonyl (C=O) groups excluding carboxylic acids is 1. The van der Waals surface area contributed by atoms with Crippen molar-refractivity contribution in [1.82, 2.24) is 4.90 Å². The van der Waals surface area contributed by atoms with Crippen molar-refractivity contribution in [3.05, 3.63) is 35.4 Å². The van der Waals surface area contributed by atoms with E-state index in [2.05, 4.69) is 0 Å². The van der Waals surface area contributed by atoms with Crippen LogP contribution in [0.4, 0.5) is 13.2 Å². The molecule has 0 saturated heterocycles. The van der Waals surface area contributed by atoms with Crippen molar-refractivity contribution in [2.45, 2.75) is 19.5 Å². The molecule has 0 atom stereocenters. The summed E-state index contributed by atoms with van der Waals surface area (Å²) in [5.41, 5.74) is 6.98. The maximum absolute atomic E-state index is 12.3. The number of amides is 1. The van der Waals surface area contributed by atoms with E-state index in [1.165, 1.54) is 0 Å². The number of hydrogen-bond donors (Lipinski definition) is 1. The predicted molar refractivity (Wildman–Crippen MR) is 66.6 cm³/mol. The SMILES string of the molecule is Cc1ccc(CCN(CC(N)=O)CC(F)(F)F)cc1. The van der Waals surface area contributed by atoms with Gasteiger partial charge in [-0.25, -0.2) is 0 Å². The van der Waals surface area contributed by atoms with Gasteiger partial charge in [0, 0.05) is 6.54 Å². The van der Waals surface area contributed by atoms with E-state index >= 15 is 0 Å². The van der Waals surface area contributed by atoms with Gasteiger partial charge in [-0.15, -0.1) is 0 Å². The standard InChI is InChI=1S/C13H17F3N2O/c1-10-2-4-11(5-3-10)6-7-18(8-12(17)19)9-13(14,15)16/h2-5H,6-9H2,1H3,(H2,17,19). The van der Waals surface area contributed by atoms with Crippen molar-refractivity contribution >= 4 is 5.91 Å². The molecular formula is C13H17F3N2O. The molecule has 0 saturated carbocycles. The number of halogens is 3. The van der Waals surface area contributed by atoms with Gasteiger partial charge in [0.25, 0.3) is 0 Å². The van der Waals surface area contributed by atoms with Gasteiger partial charge in [-0.1, -0.05) is 29.8 Å². The average Bonchev–Trinajstić information content (AvgIpc) is 2.25. The Morgan fingerprint density at radius 3 is 2.32 bits per heavy atom. The highest BCUT2D eigenvalue weighted by molar-refractivity contribution is 5.75. The number of rotatable bonds is 6. The van der Waals surface area contributed by atoms with Crippen LogP contribution in [0.1, 0.15) is 11.1 Å². The summed E-state index contributed by atoms with van der Waals surface area (Å²) >= 11 is 0. The van der Waals surface area contributed by atoms with Crippen LogP contribution >= 0.6 is 0 Å². The molecule has 1 rings (SSSR count). The third-order valence-corrected chi connectivity index (χ3v) is 2.62. The molecule has 106 valence electrons. The molecular weight excluding hydrogens is 257 g/mol. The second-order valence-corrected chi connectivity index (χ2v) is 4.53. The zero-order valence-corrected chi connectivity index (χ0v) is 10.7. The molecule has 0 heterocycles. The van der Waals surface area contributed by atoms with E-state index in [0.717, 1.165) is 16.0 Å². The van der Waals surface area contributed by atoms with Gasteiger partial charge in [-0.2, -0.15) is 13.2 Å². The van der Waals surface area contributed by atoms with Crippen LogP contribution in [0.2, 0.25) is 0 Å². The fourth-order valence-corrected chi connectivity index (χ4v) is 1.73. The summed E-state index contributed by atoms with van der Waals surface area (Å²) in [5.74, 6) is -0.756. The topological polar surface area (TPSA) is 46.3 Å². The van der Waals surface area contributed by atoms with Crippen molar-refractivity contribution in [2.24, 2.45) is 5.73 Å². The molecule has 1 amide bonds. The van der Waals surface area contributed by atoms with Gasteiger partial charge in [0.05, 0.1) is 13.1 Å². The van der Waals surface area contributed by atoms with E-state index in [1.807, 2.05) is 31.2 Å². The Morgan fingerprint density at radius 2 is 1.84 bits per heavy atom. The molecule has 0 fully saturated rings. The fraction of sp³-hybridized carbons (Fsp3) is 0.462. The maximum atomic E-state index is 12.3. The summed E-state index contributed by atoms with van der Waals surface area (Å²) in [5, 5.41) is 0. The van der Waals surface area contributed by atoms with Gasteiger partial charge in [-0.05, 0) is 18.9 Å². The molecule has 0 bridgehead atoms. The molecule has 0 aliphatic heterocycles. The number of nitrogens with zero attached hydrogens (tertiary/aromatic N) is 1. The van der Waals surface area contributed by atoms with Gasteiger partial charge < -0.3 is 5.73 Å². The zero-order chi connectivity index (χ0) is 14.5. The van der Waals surface area contributed by atoms with Crippen LogP contribution in [-0.2, 0) is 11.2 Å². The lowest BCUT2D eigenvalue weighted by Crippen LogP contribution is -2.41. The molecule has 3 nitrogen and oxygen atoms in total. The summed E-state index contributed by atoms with van der Waals surface area (Å²) in [6.45, 7) is 0.575. The van der Waals surface area contributed by atoms with Gasteiger partial charge >= 0.3 is 6.18 Å². The Bertz CT molecular complexity index is 415. The highest BCUT2D eigenvalue weighted by atomic mass is 19.4. The number of alkyl halides is 3. The lowest BCUT2D eigenvalue weighted by Gasteiger charge is -2.22. The van der Waals surface area contributed by atoms with E-state index in [9.17, 15) is 18.0 Å². The first kappa shape index (κ1) is 15.5. The highest BCUT2D eigenvalue weighted by Crippen LogP contribution is 2.16. The average molecular weight is 274 g/mol. The lowest BCUT2D eigenvalue weighted by molar-refractivity contribution is -0.148. The van der Waals surface area contributed by atoms with Crippen LogP contribution in [-0.4, -0.2) is 36.6 Å². The quantitative estimate of drug-likeness (QED) is 0.861. The fourth-order valence-electron chi connectivity index (χ4n) is 1.73. The molecule has 0 aliphatic rings. The van der Waals surface area contributed by atoms with E-state index < -0.39 is 18.6 Å². The smallest absolute Gasteiger partial charge is 0.369 e. The number of carbonyl (C=O) groups is 1. The van der Waals surface area contributed by atoms with E-state index in [0.29, 0.717) is 6.42 Å². The molecule has 1 aromatic rings. The molecule has 0 aromatic heterocycles. The first-order chi connectivity index (χ1) is 8.76. The van der Waals surface area contributed by atoms with Gasteiger partial charge in [0.15, 0.2) is 0 Å². The minimum atomic E-state index is -4.33. The number of primary amides is 1. The van der Waals surface area contributed by atoms with Crippen molar-refractivity contribution < 1.29 is 18.0 Å². The van der Waals surface area contributed by atoms with E-state index in [4.69, 9.17) is 5.73 Å². The van der Waals surface area contributed by atoms with Crippen LogP contribution in [0.3, 0.4) is 0 Å². The Morgan fingerprint density at radius 1 is 1.26 bits per heavy atom. The van der Waals surface area contributed by atoms with Gasteiger partial charge in [0.1, 0.15) is 0 Å². The Labute approximate surface area is 110 Å². The van der Waals surface area contributed by atoms with Gasteiger partial charge in [0.2, 0.25) is 5.91 Å². The molecule has 0 radical (unpaired) electrons. The zero-order valence-electron chi connectivity index (χ0n) is 10.7. The molecule has 19 heavy (non-hydrogen) atoms. The molecule has 1 aromatic carbocycles. The summed E-state index contributed by atoms with van der Waals surface area (Å²) in [7, 11) is 0. The largest absolute Gasteiger partial charge is 0.401 e. The van der Waals surface area contributed by atoms with Crippen LogP contribution in [0, 0.1) is 6.92 Å². The number of aryl methyl sites for hydroxylation is 1. The van der Waals surface area contributed by atoms with E-state index in [1.54, 1.807) is 0 Å². The molecule has 2 N–H and O–H groups in total. The monoisotopic (exact) mass is 274 g/mol. The normalized spacial score (nSPS) is 11.8. The van der Waals surface area contributed by atoms with E-state index in [-0.39, 0.29) is 13.1 Å². The summed E-state index contributed by atoms with van der Waals surface area (Å²) in [6.07, 6.45) is -3.88. The van der Waals surface area contributed by atoms with Crippen LogP contribution in [0.25, 0.3) is 0 Å². The predicted octanol–water partition coefficient (Wildman–Crippen LogP) is 1.89. The van der Waals surface area contributed by atoms with Crippen molar-refractivity contribution in [1.29, 1.82) is 0 Å². The van der Waals surface area contributed by atoms with Gasteiger partial charge in [-0.3, -0.25) is 9.69 Å². The lowest BCUT2D eigenvalue weighted by atomic mass is 10.1. The summed E-state index contributed by atoms with van der Waals surface area (Å²) in [6, 6.07) is 7.53. The first-order valence-electron chi connectivity index (χ1n) is 5.89. The third-order valence-electron chi connectivity index (χ3n) is 2.62. The third kappa shape index (κ3) is 6.81. The Kier molecular flexibility index (Phi) is 5.35. The van der Waals surface area contributed by atoms with Crippen molar-refractivity contribution in [3.63, 3.8) is 0 Å². The van der Waals surface area contributed by atoms with Crippen LogP contribution < -0.4 is 5.73 Å². The van der Waals surface area contributed by atoms with Crippen LogP contribution in [0.5, 0.6) is 0 Å². The Balaban J connectivity index is 2.57. The molecule has 0 spiro atoms. The minimum Gasteiger partial charge on any atom is -0.369 e. The van der Waals surface area contributed by atoms with Crippen molar-refractivity contribution in [2.75, 3.05) is 19.6 Å². The maximum Gasteiger partial charge on any atom is 0.401 e.